The summed E-state index contributed by atoms with van der Waals surface area (Å²) in [6.07, 6.45) is -2.40. The largest absolute Gasteiger partial charge is 0.416 e. The lowest BCUT2D eigenvalue weighted by atomic mass is 9.81. The first-order chi connectivity index (χ1) is 24.3. The van der Waals surface area contributed by atoms with Gasteiger partial charge in [-0.15, -0.1) is 0 Å². The fourth-order valence-corrected chi connectivity index (χ4v) is 6.80. The number of hydrogen-bond acceptors (Lipinski definition) is 6. The first-order valence-corrected chi connectivity index (χ1v) is 16.7. The van der Waals surface area contributed by atoms with Crippen molar-refractivity contribution in [2.75, 3.05) is 31.1 Å². The predicted molar refractivity (Wildman–Crippen MR) is 185 cm³/mol. The number of rotatable bonds is 10. The van der Waals surface area contributed by atoms with Crippen molar-refractivity contribution in [2.45, 2.75) is 50.6 Å². The lowest BCUT2D eigenvalue weighted by Gasteiger charge is -2.38. The predicted octanol–water partition coefficient (Wildman–Crippen LogP) is 4.82. The fourth-order valence-electron chi connectivity index (χ4n) is 6.80. The van der Waals surface area contributed by atoms with Crippen molar-refractivity contribution in [3.8, 4) is 5.69 Å². The lowest BCUT2D eigenvalue weighted by Crippen LogP contribution is -2.55. The molecule has 0 radical (unpaired) electrons. The third-order valence-electron chi connectivity index (χ3n) is 9.31. The molecule has 4 aromatic rings. The normalized spacial score (nSPS) is 20.6. The maximum atomic E-state index is 14.3. The quantitative estimate of drug-likeness (QED) is 0.204. The average molecular weight is 701 g/mol. The van der Waals surface area contributed by atoms with Crippen LogP contribution in [0.25, 0.3) is 5.69 Å². The molecule has 0 saturated carbocycles. The second-order valence-electron chi connectivity index (χ2n) is 13.2. The smallest absolute Gasteiger partial charge is 0.389 e. The molecule has 0 bridgehead atoms. The van der Waals surface area contributed by atoms with Gasteiger partial charge in [0.2, 0.25) is 5.91 Å². The molecule has 3 atom stereocenters. The van der Waals surface area contributed by atoms with Crippen molar-refractivity contribution in [3.05, 3.63) is 125 Å². The van der Waals surface area contributed by atoms with Crippen molar-refractivity contribution in [1.29, 1.82) is 0 Å². The van der Waals surface area contributed by atoms with E-state index in [0.717, 1.165) is 18.2 Å². The summed E-state index contributed by atoms with van der Waals surface area (Å²) < 4.78 is 42.2. The Morgan fingerprint density at radius 2 is 1.80 bits per heavy atom. The maximum absolute atomic E-state index is 14.3. The highest BCUT2D eigenvalue weighted by Crippen LogP contribution is 2.42. The summed E-state index contributed by atoms with van der Waals surface area (Å²) in [5.74, 6) is -1.89. The minimum Gasteiger partial charge on any atom is -0.389 e. The molecule has 0 spiro atoms. The molecule has 1 saturated heterocycles. The van der Waals surface area contributed by atoms with E-state index in [0.29, 0.717) is 59.8 Å². The number of likely N-dealkylation sites (tertiary alicyclic amines) is 1. The Morgan fingerprint density at radius 3 is 2.49 bits per heavy atom. The van der Waals surface area contributed by atoms with Crippen molar-refractivity contribution < 1.29 is 32.7 Å². The number of nitrogens with one attached hydrogen (secondary N) is 2. The topological polar surface area (TPSA) is 120 Å². The Kier molecular flexibility index (Phi) is 9.87. The highest BCUT2D eigenvalue weighted by molar-refractivity contribution is 6.05. The average Bonchev–Trinajstić information content (AvgIpc) is 3.69. The van der Waals surface area contributed by atoms with Gasteiger partial charge in [0.1, 0.15) is 11.9 Å². The summed E-state index contributed by atoms with van der Waals surface area (Å²) in [6, 6.07) is 19.4. The maximum Gasteiger partial charge on any atom is 0.416 e. The Labute approximate surface area is 293 Å². The van der Waals surface area contributed by atoms with Crippen LogP contribution in [-0.2, 0) is 22.3 Å². The van der Waals surface area contributed by atoms with Gasteiger partial charge in [0, 0.05) is 55.3 Å². The van der Waals surface area contributed by atoms with Crippen LogP contribution in [0.15, 0.2) is 97.2 Å². The molecular weight excluding hydrogens is 661 g/mol. The number of aliphatic hydroxyl groups is 1. The SMILES string of the molecule is C=C(CN1CCC(C)(O)C1)C(=O)NCc1cccc([C@@H]2c3cnn(-c4ccccc4)c3N(CC)C(=O)[C@H]2NC(=O)c2cccc(C(F)(F)F)c2)c1. The van der Waals surface area contributed by atoms with Crippen LogP contribution >= 0.6 is 0 Å². The van der Waals surface area contributed by atoms with Gasteiger partial charge in [0.25, 0.3) is 11.8 Å². The number of nitrogens with zero attached hydrogens (tertiary/aromatic N) is 4. The molecule has 13 heteroatoms. The van der Waals surface area contributed by atoms with E-state index in [1.165, 1.54) is 11.0 Å². The van der Waals surface area contributed by atoms with Crippen molar-refractivity contribution in [3.63, 3.8) is 0 Å². The third kappa shape index (κ3) is 7.59. The molecule has 0 aliphatic carbocycles. The number of β-amino-alcohol motifs (C(OH)–C–C–N with tert-alkyl or cyclic N) is 1. The molecule has 6 rings (SSSR count). The number of halogens is 3. The van der Waals surface area contributed by atoms with E-state index in [1.54, 1.807) is 36.9 Å². The van der Waals surface area contributed by atoms with Gasteiger partial charge >= 0.3 is 6.18 Å². The molecule has 3 aromatic carbocycles. The molecule has 51 heavy (non-hydrogen) atoms. The second kappa shape index (κ2) is 14.2. The zero-order valence-corrected chi connectivity index (χ0v) is 28.3. The number of alkyl halides is 3. The molecule has 1 fully saturated rings. The Hall–Kier alpha value is -5.27. The number of likely N-dealkylation sites (N-methyl/N-ethyl adjacent to an activating group) is 1. The van der Waals surface area contributed by atoms with Crippen LogP contribution in [0, 0.1) is 0 Å². The van der Waals surface area contributed by atoms with Crippen molar-refractivity contribution >= 4 is 23.5 Å². The highest BCUT2D eigenvalue weighted by atomic mass is 19.4. The van der Waals surface area contributed by atoms with E-state index in [4.69, 9.17) is 0 Å². The van der Waals surface area contributed by atoms with Crippen LogP contribution in [0.2, 0.25) is 0 Å². The lowest BCUT2D eigenvalue weighted by molar-refractivity contribution is -0.137. The summed E-state index contributed by atoms with van der Waals surface area (Å²) in [5, 5.41) is 20.6. The molecule has 1 aromatic heterocycles. The second-order valence-corrected chi connectivity index (χ2v) is 13.2. The van der Waals surface area contributed by atoms with Gasteiger partial charge in [-0.25, -0.2) is 4.68 Å². The third-order valence-corrected chi connectivity index (χ3v) is 9.31. The van der Waals surface area contributed by atoms with Crippen LogP contribution in [0.1, 0.15) is 58.8 Å². The summed E-state index contributed by atoms with van der Waals surface area (Å²) in [5.41, 5.74) is 1.03. The summed E-state index contributed by atoms with van der Waals surface area (Å²) in [4.78, 5) is 44.4. The Bertz CT molecular complexity index is 1960. The summed E-state index contributed by atoms with van der Waals surface area (Å²) in [6.45, 7) is 9.30. The summed E-state index contributed by atoms with van der Waals surface area (Å²) >= 11 is 0. The summed E-state index contributed by atoms with van der Waals surface area (Å²) in [7, 11) is 0. The number of para-hydroxylation sites is 1. The van der Waals surface area contributed by atoms with E-state index >= 15 is 0 Å². The Balaban J connectivity index is 1.32. The fraction of sp³-hybridized carbons (Fsp3) is 0.316. The number of amides is 3. The number of aromatic nitrogens is 2. The molecule has 2 aliphatic heterocycles. The highest BCUT2D eigenvalue weighted by Gasteiger charge is 2.44. The first kappa shape index (κ1) is 35.6. The van der Waals surface area contributed by atoms with Gasteiger partial charge < -0.3 is 15.7 Å². The minimum atomic E-state index is -4.66. The van der Waals surface area contributed by atoms with E-state index < -0.39 is 41.1 Å². The molecule has 10 nitrogen and oxygen atoms in total. The molecule has 2 aliphatic rings. The van der Waals surface area contributed by atoms with E-state index in [2.05, 4.69) is 22.3 Å². The number of fused-ring (bicyclic) bond motifs is 1. The van der Waals surface area contributed by atoms with E-state index in [-0.39, 0.29) is 24.6 Å². The Morgan fingerprint density at radius 1 is 1.06 bits per heavy atom. The van der Waals surface area contributed by atoms with Crippen LogP contribution in [-0.4, -0.2) is 75.3 Å². The number of carbonyl (C=O) groups excluding carboxylic acids is 3. The molecule has 266 valence electrons. The molecule has 3 N–H and O–H groups in total. The molecule has 1 unspecified atom stereocenters. The zero-order valence-electron chi connectivity index (χ0n) is 28.3. The standard InChI is InChI=1S/C38H39F3N6O4/c1-4-46-35-30(21-43-47(35)29-14-6-5-7-15-29)31(32(36(46)50)44-34(49)27-12-9-13-28(19-27)38(39,40)41)26-11-8-10-25(18-26)20-42-33(48)24(2)22-45-17-16-37(3,51)23-45/h5-15,18-19,21,31-32,51H,2,4,16-17,20,22-23H2,1,3H3,(H,42,48)(H,44,49)/t31-,32+,37?/m1/s1. The van der Waals surface area contributed by atoms with Crippen molar-refractivity contribution in [2.24, 2.45) is 0 Å². The van der Waals surface area contributed by atoms with Crippen molar-refractivity contribution in [1.82, 2.24) is 25.3 Å². The number of carbonyl (C=O) groups is 3. The van der Waals surface area contributed by atoms with Gasteiger partial charge in [0.05, 0.1) is 23.0 Å². The van der Waals surface area contributed by atoms with Crippen LogP contribution in [0.4, 0.5) is 19.0 Å². The van der Waals surface area contributed by atoms with E-state index in [1.807, 2.05) is 47.4 Å². The van der Waals surface area contributed by atoms with Gasteiger partial charge in [0.15, 0.2) is 0 Å². The molecule has 3 amide bonds. The molecule has 3 heterocycles. The van der Waals surface area contributed by atoms with E-state index in [9.17, 15) is 32.7 Å². The minimum absolute atomic E-state index is 0.141. The molecular formula is C38H39F3N6O4. The van der Waals surface area contributed by atoms with Gasteiger partial charge in [-0.2, -0.15) is 18.3 Å². The number of hydrogen-bond donors (Lipinski definition) is 3. The zero-order chi connectivity index (χ0) is 36.5. The van der Waals surface area contributed by atoms with Gasteiger partial charge in [-0.1, -0.05) is 55.1 Å². The van der Waals surface area contributed by atoms with Crippen LogP contribution in [0.5, 0.6) is 0 Å². The monoisotopic (exact) mass is 700 g/mol. The first-order valence-electron chi connectivity index (χ1n) is 16.7. The number of anilines is 1. The van der Waals surface area contributed by atoms with Gasteiger partial charge in [-0.05, 0) is 61.7 Å². The van der Waals surface area contributed by atoms with Crippen LogP contribution < -0.4 is 15.5 Å². The van der Waals surface area contributed by atoms with Gasteiger partial charge in [-0.3, -0.25) is 24.2 Å². The number of benzene rings is 3. The van der Waals surface area contributed by atoms with Crippen LogP contribution in [0.3, 0.4) is 0 Å².